The largest absolute Gasteiger partial charge is 0.419 e. The molecule has 3 aromatic rings. The predicted molar refractivity (Wildman–Crippen MR) is 146 cm³/mol. The van der Waals surface area contributed by atoms with Crippen LogP contribution in [0.1, 0.15) is 77.4 Å². The van der Waals surface area contributed by atoms with Crippen LogP contribution in [0.3, 0.4) is 0 Å². The number of carbonyl (C=O) groups is 1. The van der Waals surface area contributed by atoms with Crippen LogP contribution >= 0.6 is 0 Å². The normalized spacial score (nSPS) is 19.2. The monoisotopic (exact) mass is 553 g/mol. The molecule has 216 valence electrons. The van der Waals surface area contributed by atoms with Crippen LogP contribution in [0.5, 0.6) is 0 Å². The molecule has 0 spiro atoms. The molecule has 13 nitrogen and oxygen atoms in total. The quantitative estimate of drug-likeness (QED) is 0.413. The molecule has 0 aliphatic carbocycles. The highest BCUT2D eigenvalue weighted by atomic mass is 16.7. The van der Waals surface area contributed by atoms with Gasteiger partial charge in [-0.05, 0) is 52.1 Å². The summed E-state index contributed by atoms with van der Waals surface area (Å²) in [5.41, 5.74) is 6.68. The van der Waals surface area contributed by atoms with Crippen molar-refractivity contribution in [2.24, 2.45) is 0 Å². The standard InChI is InChI=1S/C27H39N9O4/c1-5-36-24(19-14-29-22(28)21(30-19)25-32-33-26(40-25)27(2,3)4)31-23(34-36)17-9-11-35(12-10-17)15-18(37)16-39-20-8-6-7-13-38-20/h14,17,20H,5-13,15-16H2,1-4H3,(H2,28,29). The first kappa shape index (κ1) is 28.2. The van der Waals surface area contributed by atoms with Gasteiger partial charge in [0.25, 0.3) is 5.89 Å². The average Bonchev–Trinajstić information content (AvgIpc) is 3.62. The fourth-order valence-electron chi connectivity index (χ4n) is 4.90. The molecule has 5 rings (SSSR count). The van der Waals surface area contributed by atoms with Gasteiger partial charge in [0.1, 0.15) is 12.3 Å². The highest BCUT2D eigenvalue weighted by Crippen LogP contribution is 2.30. The second-order valence-corrected chi connectivity index (χ2v) is 11.5. The Hall–Kier alpha value is -3.29. The minimum atomic E-state index is -0.303. The van der Waals surface area contributed by atoms with Crippen molar-refractivity contribution >= 4 is 11.6 Å². The van der Waals surface area contributed by atoms with Crippen molar-refractivity contribution in [3.05, 3.63) is 17.9 Å². The van der Waals surface area contributed by atoms with Crippen molar-refractivity contribution in [3.63, 3.8) is 0 Å². The average molecular weight is 554 g/mol. The zero-order valence-electron chi connectivity index (χ0n) is 23.8. The molecule has 2 fully saturated rings. The first-order valence-corrected chi connectivity index (χ1v) is 14.1. The number of hydrogen-bond donors (Lipinski definition) is 1. The van der Waals surface area contributed by atoms with Gasteiger partial charge in [-0.3, -0.25) is 9.69 Å². The lowest BCUT2D eigenvalue weighted by atomic mass is 9.96. The van der Waals surface area contributed by atoms with Gasteiger partial charge in [-0.15, -0.1) is 10.2 Å². The molecule has 5 heterocycles. The second kappa shape index (κ2) is 12.1. The molecule has 2 saturated heterocycles. The smallest absolute Gasteiger partial charge is 0.270 e. The number of carbonyl (C=O) groups excluding carboxylic acids is 1. The van der Waals surface area contributed by atoms with Crippen molar-refractivity contribution < 1.29 is 18.7 Å². The summed E-state index contributed by atoms with van der Waals surface area (Å²) in [6, 6.07) is 0. The van der Waals surface area contributed by atoms with Crippen LogP contribution in [0.4, 0.5) is 5.82 Å². The lowest BCUT2D eigenvalue weighted by Crippen LogP contribution is -2.38. The Kier molecular flexibility index (Phi) is 8.52. The van der Waals surface area contributed by atoms with E-state index in [1.165, 1.54) is 0 Å². The third-order valence-electron chi connectivity index (χ3n) is 7.21. The van der Waals surface area contributed by atoms with Crippen LogP contribution in [0, 0.1) is 0 Å². The molecule has 0 amide bonds. The second-order valence-electron chi connectivity index (χ2n) is 11.5. The van der Waals surface area contributed by atoms with Crippen molar-refractivity contribution in [1.82, 2.24) is 39.8 Å². The molecule has 1 unspecified atom stereocenters. The van der Waals surface area contributed by atoms with E-state index in [0.29, 0.717) is 42.8 Å². The SMILES string of the molecule is CCn1nc(C2CCN(CC(=O)COC3CCCCO3)CC2)nc1-c1cnc(N)c(-c2nnc(C(C)(C)C)o2)n1. The molecule has 2 aliphatic rings. The van der Waals surface area contributed by atoms with Gasteiger partial charge in [-0.2, -0.15) is 5.10 Å². The van der Waals surface area contributed by atoms with E-state index >= 15 is 0 Å². The number of ether oxygens (including phenoxy) is 2. The molecule has 2 N–H and O–H groups in total. The molecular formula is C27H39N9O4. The Morgan fingerprint density at radius 3 is 2.62 bits per heavy atom. The van der Waals surface area contributed by atoms with Gasteiger partial charge in [0, 0.05) is 24.5 Å². The third kappa shape index (κ3) is 6.53. The van der Waals surface area contributed by atoms with Crippen LogP contribution in [-0.4, -0.2) is 84.8 Å². The number of Topliss-reactive ketones (excluding diaryl/α,β-unsaturated/α-hetero) is 1. The van der Waals surface area contributed by atoms with Gasteiger partial charge in [0.15, 0.2) is 35.2 Å². The van der Waals surface area contributed by atoms with E-state index in [1.807, 2.05) is 32.4 Å². The summed E-state index contributed by atoms with van der Waals surface area (Å²) < 4.78 is 18.9. The summed E-state index contributed by atoms with van der Waals surface area (Å²) in [5.74, 6) is 2.57. The molecule has 0 radical (unpaired) electrons. The number of nitrogen functional groups attached to an aromatic ring is 1. The molecule has 0 aromatic carbocycles. The zero-order chi connectivity index (χ0) is 28.3. The summed E-state index contributed by atoms with van der Waals surface area (Å²) in [4.78, 5) is 28.5. The number of nitrogens with zero attached hydrogens (tertiary/aromatic N) is 8. The lowest BCUT2D eigenvalue weighted by Gasteiger charge is -2.30. The van der Waals surface area contributed by atoms with E-state index in [-0.39, 0.29) is 41.7 Å². The minimum absolute atomic E-state index is 0.0805. The summed E-state index contributed by atoms with van der Waals surface area (Å²) in [5, 5.41) is 13.1. The maximum atomic E-state index is 12.5. The molecule has 13 heteroatoms. The number of rotatable bonds is 9. The number of likely N-dealkylation sites (tertiary alicyclic amines) is 1. The van der Waals surface area contributed by atoms with E-state index in [1.54, 1.807) is 6.20 Å². The zero-order valence-corrected chi connectivity index (χ0v) is 23.8. The van der Waals surface area contributed by atoms with Gasteiger partial charge in [-0.25, -0.2) is 19.6 Å². The summed E-state index contributed by atoms with van der Waals surface area (Å²) in [7, 11) is 0. The summed E-state index contributed by atoms with van der Waals surface area (Å²) in [6.45, 7) is 11.4. The molecular weight excluding hydrogens is 514 g/mol. The number of anilines is 1. The van der Waals surface area contributed by atoms with Gasteiger partial charge in [-0.1, -0.05) is 20.8 Å². The number of aryl methyl sites for hydroxylation is 1. The first-order valence-electron chi connectivity index (χ1n) is 14.1. The van der Waals surface area contributed by atoms with Crippen LogP contribution in [0.15, 0.2) is 10.6 Å². The number of aromatic nitrogens is 7. The van der Waals surface area contributed by atoms with E-state index in [9.17, 15) is 4.79 Å². The van der Waals surface area contributed by atoms with Crippen LogP contribution in [-0.2, 0) is 26.2 Å². The maximum absolute atomic E-state index is 12.5. The lowest BCUT2D eigenvalue weighted by molar-refractivity contribution is -0.169. The Morgan fingerprint density at radius 2 is 1.95 bits per heavy atom. The molecule has 0 bridgehead atoms. The fraction of sp³-hybridized carbons (Fsp3) is 0.667. The number of hydrogen-bond acceptors (Lipinski definition) is 12. The summed E-state index contributed by atoms with van der Waals surface area (Å²) >= 11 is 0. The van der Waals surface area contributed by atoms with Crippen molar-refractivity contribution in [2.75, 3.05) is 38.6 Å². The number of nitrogens with two attached hydrogens (primary N) is 1. The van der Waals surface area contributed by atoms with Crippen LogP contribution in [0.2, 0.25) is 0 Å². The Bertz CT molecular complexity index is 1300. The molecule has 1 atom stereocenters. The topological polar surface area (TPSA) is 160 Å². The van der Waals surface area contributed by atoms with Crippen molar-refractivity contribution in [3.8, 4) is 23.1 Å². The number of ketones is 1. The Balaban J connectivity index is 1.23. The van der Waals surface area contributed by atoms with Crippen molar-refractivity contribution in [1.29, 1.82) is 0 Å². The van der Waals surface area contributed by atoms with Crippen LogP contribution in [0.25, 0.3) is 23.1 Å². The van der Waals surface area contributed by atoms with Gasteiger partial charge in [0.05, 0.1) is 12.7 Å². The predicted octanol–water partition coefficient (Wildman–Crippen LogP) is 2.98. The van der Waals surface area contributed by atoms with E-state index < -0.39 is 0 Å². The third-order valence-corrected chi connectivity index (χ3v) is 7.21. The van der Waals surface area contributed by atoms with E-state index in [2.05, 4.69) is 20.1 Å². The summed E-state index contributed by atoms with van der Waals surface area (Å²) in [6.07, 6.45) is 6.08. The minimum Gasteiger partial charge on any atom is -0.419 e. The maximum Gasteiger partial charge on any atom is 0.270 e. The molecule has 3 aromatic heterocycles. The fourth-order valence-corrected chi connectivity index (χ4v) is 4.90. The molecule has 40 heavy (non-hydrogen) atoms. The Morgan fingerprint density at radius 1 is 1.15 bits per heavy atom. The van der Waals surface area contributed by atoms with Crippen LogP contribution < -0.4 is 5.73 Å². The van der Waals surface area contributed by atoms with Gasteiger partial charge in [0.2, 0.25) is 5.89 Å². The highest BCUT2D eigenvalue weighted by Gasteiger charge is 2.28. The number of piperidine rings is 1. The van der Waals surface area contributed by atoms with Crippen molar-refractivity contribution in [2.45, 2.75) is 84.0 Å². The first-order chi connectivity index (χ1) is 19.2. The van der Waals surface area contributed by atoms with E-state index in [0.717, 1.165) is 51.0 Å². The van der Waals surface area contributed by atoms with E-state index in [4.69, 9.17) is 34.7 Å². The highest BCUT2D eigenvalue weighted by molar-refractivity contribution is 5.81. The molecule has 2 aliphatic heterocycles. The van der Waals surface area contributed by atoms with Gasteiger partial charge < -0.3 is 19.6 Å². The molecule has 0 saturated carbocycles. The Labute approximate surface area is 233 Å². The van der Waals surface area contributed by atoms with Gasteiger partial charge >= 0.3 is 0 Å².